The van der Waals surface area contributed by atoms with Crippen LogP contribution >= 0.6 is 11.3 Å². The maximum absolute atomic E-state index is 13.3. The molecule has 3 aromatic carbocycles. The molecule has 0 amide bonds. The van der Waals surface area contributed by atoms with Gasteiger partial charge < -0.3 is 20.6 Å². The number of methoxy groups -OCH3 is 1. The molecule has 0 aliphatic heterocycles. The van der Waals surface area contributed by atoms with Crippen molar-refractivity contribution in [2.75, 3.05) is 32.2 Å². The smallest absolute Gasteiger partial charge is 0.241 e. The van der Waals surface area contributed by atoms with Crippen molar-refractivity contribution in [3.8, 4) is 0 Å². The highest BCUT2D eigenvalue weighted by Crippen LogP contribution is 2.35. The summed E-state index contributed by atoms with van der Waals surface area (Å²) in [4.78, 5) is 7.10. The Hall–Kier alpha value is -3.51. The molecule has 4 aromatic rings. The number of anilines is 1. The number of aromatic nitrogens is 1. The molecule has 1 aromatic heterocycles. The number of nitrogens with one attached hydrogen (secondary N) is 1. The zero-order valence-corrected chi connectivity index (χ0v) is 22.2. The van der Waals surface area contributed by atoms with Crippen molar-refractivity contribution in [3.63, 3.8) is 0 Å². The summed E-state index contributed by atoms with van der Waals surface area (Å²) in [7, 11) is -0.182. The van der Waals surface area contributed by atoms with Crippen molar-refractivity contribution in [1.82, 2.24) is 9.71 Å². The molecule has 4 N–H and O–H groups in total. The Bertz CT molecular complexity index is 1490. The van der Waals surface area contributed by atoms with Gasteiger partial charge in [-0.05, 0) is 42.3 Å². The third-order valence-electron chi connectivity index (χ3n) is 5.87. The topological polar surface area (TPSA) is 130 Å². The fraction of sp³-hybridized carbons (Fsp3) is 0.231. The van der Waals surface area contributed by atoms with Gasteiger partial charge in [-0.3, -0.25) is 0 Å². The summed E-state index contributed by atoms with van der Waals surface area (Å²) in [6.07, 6.45) is 0.313. The monoisotopic (exact) mass is 539 g/mol. The predicted molar refractivity (Wildman–Crippen MR) is 147 cm³/mol. The molecule has 0 aliphatic rings. The number of nitrogens with zero attached hydrogens (tertiary/aromatic N) is 3. The number of likely N-dealkylation sites (N-methyl/N-ethyl adjacent to an activating group) is 1. The summed E-state index contributed by atoms with van der Waals surface area (Å²) < 4.78 is 35.7. The molecule has 0 radical (unpaired) electrons. The number of benzene rings is 3. The molecule has 0 saturated heterocycles. The lowest BCUT2D eigenvalue weighted by atomic mass is 10.0. The number of hydrogen-bond acceptors (Lipinski definition) is 8. The molecule has 11 heteroatoms. The fourth-order valence-electron chi connectivity index (χ4n) is 3.94. The maximum Gasteiger partial charge on any atom is 0.241 e. The van der Waals surface area contributed by atoms with Gasteiger partial charge in [0.25, 0.3) is 0 Å². The van der Waals surface area contributed by atoms with Gasteiger partial charge >= 0.3 is 0 Å². The Balaban J connectivity index is 1.75. The summed E-state index contributed by atoms with van der Waals surface area (Å²) in [5.74, 6) is -0.0213. The summed E-state index contributed by atoms with van der Waals surface area (Å²) in [6.45, 7) is 1.28. The van der Waals surface area contributed by atoms with Gasteiger partial charge in [0.1, 0.15) is 5.01 Å². The van der Waals surface area contributed by atoms with Crippen molar-refractivity contribution < 1.29 is 18.4 Å². The van der Waals surface area contributed by atoms with Crippen molar-refractivity contribution >= 4 is 43.1 Å². The van der Waals surface area contributed by atoms with E-state index in [-0.39, 0.29) is 10.7 Å². The Labute approximate surface area is 220 Å². The molecule has 0 aliphatic carbocycles. The second kappa shape index (κ2) is 11.7. The third-order valence-corrected chi connectivity index (χ3v) is 8.57. The maximum atomic E-state index is 13.3. The molecule has 0 fully saturated rings. The molecule has 0 saturated carbocycles. The number of hydrogen-bond donors (Lipinski definition) is 3. The summed E-state index contributed by atoms with van der Waals surface area (Å²) >= 11 is 1.45. The minimum absolute atomic E-state index is 0.0213. The van der Waals surface area contributed by atoms with Gasteiger partial charge in [-0.25, -0.2) is 18.1 Å². The molecule has 194 valence electrons. The van der Waals surface area contributed by atoms with Gasteiger partial charge in [0.15, 0.2) is 5.84 Å². The second-order valence-corrected chi connectivity index (χ2v) is 11.2. The first-order valence-electron chi connectivity index (χ1n) is 11.6. The van der Waals surface area contributed by atoms with Crippen molar-refractivity contribution in [2.45, 2.75) is 17.4 Å². The Morgan fingerprint density at radius 2 is 1.92 bits per heavy atom. The number of fused-ring (bicyclic) bond motifs is 1. The van der Waals surface area contributed by atoms with E-state index in [1.807, 2.05) is 31.3 Å². The molecule has 9 nitrogen and oxygen atoms in total. The average molecular weight is 540 g/mol. The quantitative estimate of drug-likeness (QED) is 0.115. The molecule has 0 spiro atoms. The van der Waals surface area contributed by atoms with E-state index in [4.69, 9.17) is 20.7 Å². The summed E-state index contributed by atoms with van der Waals surface area (Å²) in [5.41, 5.74) is 8.91. The number of nitrogens with two attached hydrogens (primary N) is 1. The third kappa shape index (κ3) is 6.25. The van der Waals surface area contributed by atoms with Crippen molar-refractivity contribution in [3.05, 3.63) is 88.9 Å². The molecular weight excluding hydrogens is 510 g/mol. The van der Waals surface area contributed by atoms with Crippen LogP contribution in [0.15, 0.2) is 82.8 Å². The highest BCUT2D eigenvalue weighted by atomic mass is 32.2. The van der Waals surface area contributed by atoms with E-state index in [2.05, 4.69) is 14.8 Å². The van der Waals surface area contributed by atoms with E-state index in [0.29, 0.717) is 30.1 Å². The van der Waals surface area contributed by atoms with Crippen molar-refractivity contribution in [1.29, 1.82) is 0 Å². The Morgan fingerprint density at radius 3 is 2.65 bits per heavy atom. The van der Waals surface area contributed by atoms with Crippen LogP contribution in [0, 0.1) is 0 Å². The zero-order chi connectivity index (χ0) is 26.4. The van der Waals surface area contributed by atoms with Crippen LogP contribution in [0.5, 0.6) is 0 Å². The number of thiazole rings is 1. The van der Waals surface area contributed by atoms with Crippen LogP contribution in [0.1, 0.15) is 22.2 Å². The van der Waals surface area contributed by atoms with Crippen LogP contribution in [0.3, 0.4) is 0 Å². The zero-order valence-electron chi connectivity index (χ0n) is 20.5. The first kappa shape index (κ1) is 26.6. The van der Waals surface area contributed by atoms with E-state index in [9.17, 15) is 8.42 Å². The summed E-state index contributed by atoms with van der Waals surface area (Å²) in [6, 6.07) is 20.6. The number of rotatable bonds is 11. The molecule has 1 heterocycles. The molecule has 1 atom stereocenters. The highest BCUT2D eigenvalue weighted by Gasteiger charge is 2.25. The van der Waals surface area contributed by atoms with Gasteiger partial charge in [0.2, 0.25) is 10.0 Å². The van der Waals surface area contributed by atoms with Gasteiger partial charge in [0, 0.05) is 26.3 Å². The minimum atomic E-state index is -3.83. The van der Waals surface area contributed by atoms with Crippen LogP contribution in [-0.4, -0.2) is 51.8 Å². The highest BCUT2D eigenvalue weighted by molar-refractivity contribution is 7.89. The number of oxime groups is 1. The minimum Gasteiger partial charge on any atom is -0.409 e. The average Bonchev–Trinajstić information content (AvgIpc) is 3.36. The SMILES string of the molecule is COCCN(C)c1cccc2nc(C(Cc3cccc(C(N)=NO)c3)NS(=O)(=O)c3ccccc3)sc12. The summed E-state index contributed by atoms with van der Waals surface area (Å²) in [5, 5.41) is 12.8. The van der Waals surface area contributed by atoms with Gasteiger partial charge in [0.05, 0.1) is 33.4 Å². The largest absolute Gasteiger partial charge is 0.409 e. The second-order valence-electron chi connectivity index (χ2n) is 8.47. The predicted octanol–water partition coefficient (Wildman–Crippen LogP) is 3.74. The van der Waals surface area contributed by atoms with Crippen LogP contribution in [0.25, 0.3) is 10.2 Å². The first-order chi connectivity index (χ1) is 17.8. The van der Waals surface area contributed by atoms with Crippen LogP contribution in [-0.2, 0) is 21.2 Å². The lowest BCUT2D eigenvalue weighted by molar-refractivity contribution is 0.206. The molecule has 4 rings (SSSR count). The van der Waals surface area contributed by atoms with Crippen LogP contribution < -0.4 is 15.4 Å². The normalized spacial score (nSPS) is 13.1. The molecular formula is C26H29N5O4S2. The van der Waals surface area contributed by atoms with Gasteiger partial charge in [-0.2, -0.15) is 0 Å². The lowest BCUT2D eigenvalue weighted by Crippen LogP contribution is -2.30. The fourth-order valence-corrected chi connectivity index (χ4v) is 6.42. The Kier molecular flexibility index (Phi) is 8.39. The number of sulfonamides is 1. The van der Waals surface area contributed by atoms with Crippen LogP contribution in [0.4, 0.5) is 5.69 Å². The van der Waals surface area contributed by atoms with Gasteiger partial charge in [-0.15, -0.1) is 11.3 Å². The number of amidine groups is 1. The lowest BCUT2D eigenvalue weighted by Gasteiger charge is -2.19. The van der Waals surface area contributed by atoms with E-state index in [1.165, 1.54) is 11.3 Å². The van der Waals surface area contributed by atoms with E-state index in [0.717, 1.165) is 21.5 Å². The van der Waals surface area contributed by atoms with Gasteiger partial charge in [-0.1, -0.05) is 47.6 Å². The Morgan fingerprint density at radius 1 is 1.16 bits per heavy atom. The van der Waals surface area contributed by atoms with Crippen LogP contribution in [0.2, 0.25) is 0 Å². The van der Waals surface area contributed by atoms with E-state index >= 15 is 0 Å². The number of ether oxygens (including phenoxy) is 1. The first-order valence-corrected chi connectivity index (χ1v) is 13.9. The van der Waals surface area contributed by atoms with E-state index < -0.39 is 16.1 Å². The molecule has 0 bridgehead atoms. The molecule has 1 unspecified atom stereocenters. The standard InChI is InChI=1S/C26H29N5O4S2/c1-31(14-15-35-2)23-13-7-12-21-24(23)36-26(28-21)22(30-37(33,34)20-10-4-3-5-11-20)17-18-8-6-9-19(16-18)25(27)29-32/h3-13,16,22,30,32H,14-15,17H2,1-2H3,(H2,27,29). The molecule has 37 heavy (non-hydrogen) atoms. The van der Waals surface area contributed by atoms with E-state index in [1.54, 1.807) is 55.6 Å². The van der Waals surface area contributed by atoms with Crippen molar-refractivity contribution in [2.24, 2.45) is 10.9 Å².